The standard InChI is InChI=1S/C13H15N3O/c1-3-4-11-12(15-8-16-13(11)17)10-5-9(2)6-14-7-10/h5-8H,3-4H2,1-2H3,(H,15,16,17). The zero-order chi connectivity index (χ0) is 12.3. The van der Waals surface area contributed by atoms with Gasteiger partial charge in [0.1, 0.15) is 0 Å². The van der Waals surface area contributed by atoms with Gasteiger partial charge in [0.2, 0.25) is 0 Å². The van der Waals surface area contributed by atoms with E-state index in [1.165, 1.54) is 6.33 Å². The van der Waals surface area contributed by atoms with E-state index in [0.717, 1.165) is 35.2 Å². The van der Waals surface area contributed by atoms with Crippen LogP contribution < -0.4 is 5.56 Å². The van der Waals surface area contributed by atoms with Gasteiger partial charge in [-0.05, 0) is 25.0 Å². The van der Waals surface area contributed by atoms with Crippen LogP contribution in [0.4, 0.5) is 0 Å². The predicted octanol–water partition coefficient (Wildman–Crippen LogP) is 2.09. The Morgan fingerprint density at radius 3 is 2.88 bits per heavy atom. The number of aromatic nitrogens is 3. The van der Waals surface area contributed by atoms with Gasteiger partial charge in [0.25, 0.3) is 5.56 Å². The number of pyridine rings is 1. The summed E-state index contributed by atoms with van der Waals surface area (Å²) in [4.78, 5) is 22.8. The molecule has 0 aromatic carbocycles. The molecule has 0 spiro atoms. The number of aryl methyl sites for hydroxylation is 1. The Kier molecular flexibility index (Phi) is 3.32. The van der Waals surface area contributed by atoms with Gasteiger partial charge in [-0.3, -0.25) is 9.78 Å². The van der Waals surface area contributed by atoms with Crippen LogP contribution in [0.25, 0.3) is 11.3 Å². The molecule has 2 aromatic rings. The molecule has 0 radical (unpaired) electrons. The molecule has 0 aliphatic heterocycles. The summed E-state index contributed by atoms with van der Waals surface area (Å²) in [5.74, 6) is 0. The molecular weight excluding hydrogens is 214 g/mol. The van der Waals surface area contributed by atoms with E-state index in [2.05, 4.69) is 15.0 Å². The van der Waals surface area contributed by atoms with E-state index < -0.39 is 0 Å². The van der Waals surface area contributed by atoms with Crippen molar-refractivity contribution in [3.05, 3.63) is 46.3 Å². The van der Waals surface area contributed by atoms with E-state index in [-0.39, 0.29) is 5.56 Å². The molecule has 2 rings (SSSR count). The first-order valence-electron chi connectivity index (χ1n) is 5.71. The minimum Gasteiger partial charge on any atom is -0.313 e. The van der Waals surface area contributed by atoms with Crippen molar-refractivity contribution in [1.82, 2.24) is 15.0 Å². The average Bonchev–Trinajstić information content (AvgIpc) is 2.32. The maximum atomic E-state index is 11.8. The van der Waals surface area contributed by atoms with Gasteiger partial charge in [-0.25, -0.2) is 4.98 Å². The third-order valence-corrected chi connectivity index (χ3v) is 2.60. The van der Waals surface area contributed by atoms with Crippen molar-refractivity contribution in [3.8, 4) is 11.3 Å². The van der Waals surface area contributed by atoms with Gasteiger partial charge in [0, 0.05) is 23.5 Å². The molecule has 0 aliphatic rings. The SMILES string of the molecule is CCCc1c(-c2cncc(C)c2)nc[nH]c1=O. The summed E-state index contributed by atoms with van der Waals surface area (Å²) in [6.45, 7) is 4.02. The number of hydrogen-bond acceptors (Lipinski definition) is 3. The van der Waals surface area contributed by atoms with Crippen molar-refractivity contribution in [2.75, 3.05) is 0 Å². The topological polar surface area (TPSA) is 58.6 Å². The predicted molar refractivity (Wildman–Crippen MR) is 66.8 cm³/mol. The highest BCUT2D eigenvalue weighted by Crippen LogP contribution is 2.19. The molecule has 0 amide bonds. The molecule has 4 heteroatoms. The third kappa shape index (κ3) is 2.41. The van der Waals surface area contributed by atoms with Crippen LogP contribution in [-0.4, -0.2) is 15.0 Å². The number of rotatable bonds is 3. The second-order valence-electron chi connectivity index (χ2n) is 4.06. The average molecular weight is 229 g/mol. The van der Waals surface area contributed by atoms with E-state index in [1.807, 2.05) is 19.9 Å². The highest BCUT2D eigenvalue weighted by atomic mass is 16.1. The summed E-state index contributed by atoms with van der Waals surface area (Å²) in [6.07, 6.45) is 6.62. The smallest absolute Gasteiger partial charge is 0.254 e. The first-order chi connectivity index (χ1) is 8.22. The van der Waals surface area contributed by atoms with E-state index in [0.29, 0.717) is 0 Å². The Morgan fingerprint density at radius 2 is 2.18 bits per heavy atom. The largest absolute Gasteiger partial charge is 0.313 e. The lowest BCUT2D eigenvalue weighted by Crippen LogP contribution is -2.14. The van der Waals surface area contributed by atoms with Gasteiger partial charge in [-0.15, -0.1) is 0 Å². The summed E-state index contributed by atoms with van der Waals surface area (Å²) in [5.41, 5.74) is 3.39. The van der Waals surface area contributed by atoms with Gasteiger partial charge in [-0.1, -0.05) is 13.3 Å². The van der Waals surface area contributed by atoms with Crippen LogP contribution in [0.15, 0.2) is 29.6 Å². The first kappa shape index (κ1) is 11.5. The fraction of sp³-hybridized carbons (Fsp3) is 0.308. The second kappa shape index (κ2) is 4.91. The van der Waals surface area contributed by atoms with Gasteiger partial charge < -0.3 is 4.98 Å². The molecule has 0 bridgehead atoms. The van der Waals surface area contributed by atoms with Crippen molar-refractivity contribution in [1.29, 1.82) is 0 Å². The fourth-order valence-electron chi connectivity index (χ4n) is 1.84. The Hall–Kier alpha value is -1.97. The highest BCUT2D eigenvalue weighted by molar-refractivity contribution is 5.61. The molecule has 2 heterocycles. The maximum absolute atomic E-state index is 11.8. The summed E-state index contributed by atoms with van der Waals surface area (Å²) in [6, 6.07) is 1.99. The molecule has 1 N–H and O–H groups in total. The lowest BCUT2D eigenvalue weighted by Gasteiger charge is -2.06. The lowest BCUT2D eigenvalue weighted by atomic mass is 10.0. The maximum Gasteiger partial charge on any atom is 0.254 e. The molecule has 0 atom stereocenters. The van der Waals surface area contributed by atoms with E-state index in [9.17, 15) is 4.79 Å². The summed E-state index contributed by atoms with van der Waals surface area (Å²) < 4.78 is 0. The number of nitrogens with zero attached hydrogens (tertiary/aromatic N) is 2. The van der Waals surface area contributed by atoms with Crippen LogP contribution in [0, 0.1) is 6.92 Å². The van der Waals surface area contributed by atoms with Crippen molar-refractivity contribution in [2.24, 2.45) is 0 Å². The van der Waals surface area contributed by atoms with Crippen molar-refractivity contribution in [2.45, 2.75) is 26.7 Å². The lowest BCUT2D eigenvalue weighted by molar-refractivity contribution is 0.888. The number of H-pyrrole nitrogens is 1. The Bertz CT molecular complexity index is 575. The molecule has 0 unspecified atom stereocenters. The molecule has 4 nitrogen and oxygen atoms in total. The number of hydrogen-bond donors (Lipinski definition) is 1. The highest BCUT2D eigenvalue weighted by Gasteiger charge is 2.10. The first-order valence-corrected chi connectivity index (χ1v) is 5.71. The minimum absolute atomic E-state index is 0.0571. The molecule has 17 heavy (non-hydrogen) atoms. The monoisotopic (exact) mass is 229 g/mol. The Morgan fingerprint density at radius 1 is 1.35 bits per heavy atom. The van der Waals surface area contributed by atoms with Crippen LogP contribution in [0.2, 0.25) is 0 Å². The zero-order valence-electron chi connectivity index (χ0n) is 10.0. The van der Waals surface area contributed by atoms with Crippen LogP contribution in [-0.2, 0) is 6.42 Å². The van der Waals surface area contributed by atoms with E-state index >= 15 is 0 Å². The van der Waals surface area contributed by atoms with Crippen LogP contribution in [0.1, 0.15) is 24.5 Å². The van der Waals surface area contributed by atoms with Crippen LogP contribution in [0.3, 0.4) is 0 Å². The summed E-state index contributed by atoms with van der Waals surface area (Å²) in [7, 11) is 0. The third-order valence-electron chi connectivity index (χ3n) is 2.60. The van der Waals surface area contributed by atoms with Crippen molar-refractivity contribution in [3.63, 3.8) is 0 Å². The quantitative estimate of drug-likeness (QED) is 0.876. The number of aromatic amines is 1. The van der Waals surface area contributed by atoms with Crippen molar-refractivity contribution < 1.29 is 0 Å². The second-order valence-corrected chi connectivity index (χ2v) is 4.06. The normalized spacial score (nSPS) is 10.5. The number of nitrogens with one attached hydrogen (secondary N) is 1. The van der Waals surface area contributed by atoms with Crippen LogP contribution in [0.5, 0.6) is 0 Å². The van der Waals surface area contributed by atoms with Gasteiger partial charge in [0.05, 0.1) is 12.0 Å². The van der Waals surface area contributed by atoms with Crippen LogP contribution >= 0.6 is 0 Å². The van der Waals surface area contributed by atoms with Gasteiger partial charge >= 0.3 is 0 Å². The van der Waals surface area contributed by atoms with Gasteiger partial charge in [-0.2, -0.15) is 0 Å². The van der Waals surface area contributed by atoms with E-state index in [1.54, 1.807) is 12.4 Å². The molecule has 0 fully saturated rings. The fourth-order valence-corrected chi connectivity index (χ4v) is 1.84. The van der Waals surface area contributed by atoms with Crippen molar-refractivity contribution >= 4 is 0 Å². The molecule has 0 aliphatic carbocycles. The molecule has 0 saturated heterocycles. The Balaban J connectivity index is 2.59. The van der Waals surface area contributed by atoms with Gasteiger partial charge in [0.15, 0.2) is 0 Å². The molecule has 88 valence electrons. The minimum atomic E-state index is -0.0571. The summed E-state index contributed by atoms with van der Waals surface area (Å²) >= 11 is 0. The summed E-state index contributed by atoms with van der Waals surface area (Å²) in [5, 5.41) is 0. The molecular formula is C13H15N3O. The molecule has 0 saturated carbocycles. The zero-order valence-corrected chi connectivity index (χ0v) is 10.0. The molecule has 2 aromatic heterocycles. The van der Waals surface area contributed by atoms with E-state index in [4.69, 9.17) is 0 Å². The Labute approximate surface area is 99.8 Å².